The fourth-order valence-corrected chi connectivity index (χ4v) is 3.37. The topological polar surface area (TPSA) is 93.3 Å². The largest absolute Gasteiger partial charge is 0.497 e. The Kier molecular flexibility index (Phi) is 6.30. The highest BCUT2D eigenvalue weighted by atomic mass is 35.5. The summed E-state index contributed by atoms with van der Waals surface area (Å²) in [5, 5.41) is 3.08. The minimum Gasteiger partial charge on any atom is -0.497 e. The molecule has 4 rings (SSSR count). The van der Waals surface area contributed by atoms with E-state index in [-0.39, 0.29) is 10.6 Å². The number of aromatic amines is 1. The summed E-state index contributed by atoms with van der Waals surface area (Å²) in [4.78, 5) is 32.3. The van der Waals surface area contributed by atoms with Crippen LogP contribution in [0.1, 0.15) is 10.4 Å². The molecule has 0 unspecified atom stereocenters. The zero-order chi connectivity index (χ0) is 22.7. The molecule has 0 radical (unpaired) electrons. The molecule has 162 valence electrons. The zero-order valence-corrected chi connectivity index (χ0v) is 18.3. The Morgan fingerprint density at radius 3 is 2.59 bits per heavy atom. The lowest BCUT2D eigenvalue weighted by molar-refractivity contribution is -0.119. The lowest BCUT2D eigenvalue weighted by Crippen LogP contribution is -2.21. The van der Waals surface area contributed by atoms with Gasteiger partial charge in [-0.3, -0.25) is 4.79 Å². The fourth-order valence-electron chi connectivity index (χ4n) is 3.02. The summed E-state index contributed by atoms with van der Waals surface area (Å²) >= 11 is 12.0. The van der Waals surface area contributed by atoms with Gasteiger partial charge in [-0.2, -0.15) is 0 Å². The van der Waals surface area contributed by atoms with Crippen molar-refractivity contribution in [3.63, 3.8) is 0 Å². The first-order chi connectivity index (χ1) is 15.4. The molecule has 1 aromatic heterocycles. The highest BCUT2D eigenvalue weighted by molar-refractivity contribution is 6.44. The van der Waals surface area contributed by atoms with E-state index < -0.39 is 18.5 Å². The third-order valence-electron chi connectivity index (χ3n) is 4.64. The van der Waals surface area contributed by atoms with Crippen LogP contribution in [0.2, 0.25) is 10.0 Å². The second-order valence-electron chi connectivity index (χ2n) is 6.77. The van der Waals surface area contributed by atoms with Crippen molar-refractivity contribution >= 4 is 51.8 Å². The number of esters is 1. The van der Waals surface area contributed by atoms with Crippen LogP contribution in [0.25, 0.3) is 22.4 Å². The molecule has 7 nitrogen and oxygen atoms in total. The van der Waals surface area contributed by atoms with E-state index >= 15 is 0 Å². The molecule has 0 atom stereocenters. The van der Waals surface area contributed by atoms with E-state index in [2.05, 4.69) is 15.3 Å². The first-order valence-electron chi connectivity index (χ1n) is 9.50. The summed E-state index contributed by atoms with van der Waals surface area (Å²) in [6.45, 7) is -0.472. The van der Waals surface area contributed by atoms with Crippen LogP contribution < -0.4 is 10.1 Å². The molecule has 0 spiro atoms. The number of nitrogens with one attached hydrogen (secondary N) is 2. The quantitative estimate of drug-likeness (QED) is 0.371. The normalized spacial score (nSPS) is 10.7. The highest BCUT2D eigenvalue weighted by Crippen LogP contribution is 2.29. The van der Waals surface area contributed by atoms with Crippen molar-refractivity contribution in [3.05, 3.63) is 76.3 Å². The van der Waals surface area contributed by atoms with Gasteiger partial charge in [-0.25, -0.2) is 9.78 Å². The molecule has 0 aliphatic rings. The maximum atomic E-state index is 12.4. The molecular formula is C23H17Cl2N3O4. The van der Waals surface area contributed by atoms with Gasteiger partial charge in [0, 0.05) is 5.56 Å². The van der Waals surface area contributed by atoms with Gasteiger partial charge in [-0.15, -0.1) is 0 Å². The van der Waals surface area contributed by atoms with Crippen molar-refractivity contribution in [1.82, 2.24) is 9.97 Å². The van der Waals surface area contributed by atoms with Gasteiger partial charge in [-0.1, -0.05) is 29.3 Å². The summed E-state index contributed by atoms with van der Waals surface area (Å²) in [6.07, 6.45) is 0. The number of anilines is 1. The van der Waals surface area contributed by atoms with Gasteiger partial charge in [0.15, 0.2) is 6.61 Å². The maximum absolute atomic E-state index is 12.4. The minimum atomic E-state index is -0.639. The van der Waals surface area contributed by atoms with Gasteiger partial charge in [-0.05, 0) is 54.6 Å². The summed E-state index contributed by atoms with van der Waals surface area (Å²) in [7, 11) is 1.60. The number of fused-ring (bicyclic) bond motifs is 1. The lowest BCUT2D eigenvalue weighted by atomic mass is 10.2. The van der Waals surface area contributed by atoms with Crippen LogP contribution in [0.15, 0.2) is 60.7 Å². The van der Waals surface area contributed by atoms with Crippen LogP contribution in [-0.2, 0) is 9.53 Å². The van der Waals surface area contributed by atoms with E-state index in [4.69, 9.17) is 32.7 Å². The molecule has 4 aromatic rings. The Bertz CT molecular complexity index is 1300. The van der Waals surface area contributed by atoms with E-state index in [1.165, 1.54) is 0 Å². The van der Waals surface area contributed by atoms with E-state index in [1.807, 2.05) is 24.3 Å². The number of halogens is 2. The Labute approximate surface area is 193 Å². The number of methoxy groups -OCH3 is 1. The number of imidazole rings is 1. The Hall–Kier alpha value is -3.55. The first kappa shape index (κ1) is 21.7. The Morgan fingerprint density at radius 1 is 1.06 bits per heavy atom. The number of H-pyrrole nitrogens is 1. The number of hydrogen-bond acceptors (Lipinski definition) is 5. The third-order valence-corrected chi connectivity index (χ3v) is 5.46. The molecule has 0 bridgehead atoms. The zero-order valence-electron chi connectivity index (χ0n) is 16.8. The van der Waals surface area contributed by atoms with Crippen molar-refractivity contribution in [2.75, 3.05) is 19.0 Å². The van der Waals surface area contributed by atoms with E-state index in [9.17, 15) is 9.59 Å². The molecule has 32 heavy (non-hydrogen) atoms. The summed E-state index contributed by atoms with van der Waals surface area (Å²) < 4.78 is 10.3. The number of amides is 1. The molecule has 2 N–H and O–H groups in total. The molecule has 3 aromatic carbocycles. The average molecular weight is 470 g/mol. The Balaban J connectivity index is 1.43. The summed E-state index contributed by atoms with van der Waals surface area (Å²) in [6, 6.07) is 17.2. The number of carbonyl (C=O) groups is 2. The van der Waals surface area contributed by atoms with Gasteiger partial charge < -0.3 is 19.8 Å². The number of carbonyl (C=O) groups excluding carboxylic acids is 2. The third kappa shape index (κ3) is 4.69. The molecule has 0 saturated heterocycles. The highest BCUT2D eigenvalue weighted by Gasteiger charge is 2.14. The van der Waals surface area contributed by atoms with Gasteiger partial charge in [0.2, 0.25) is 0 Å². The number of aromatic nitrogens is 2. The van der Waals surface area contributed by atoms with Gasteiger partial charge in [0.25, 0.3) is 5.91 Å². The van der Waals surface area contributed by atoms with Crippen LogP contribution >= 0.6 is 23.2 Å². The summed E-state index contributed by atoms with van der Waals surface area (Å²) in [5.74, 6) is 0.231. The molecular weight excluding hydrogens is 453 g/mol. The predicted octanol–water partition coefficient (Wildman–Crippen LogP) is 5.34. The van der Waals surface area contributed by atoms with Gasteiger partial charge in [0.05, 0.1) is 39.4 Å². The van der Waals surface area contributed by atoms with Crippen molar-refractivity contribution < 1.29 is 19.1 Å². The number of ether oxygens (including phenoxy) is 2. The molecule has 0 aliphatic carbocycles. The van der Waals surface area contributed by atoms with Crippen LogP contribution in [0.3, 0.4) is 0 Å². The van der Waals surface area contributed by atoms with Crippen LogP contribution in [-0.4, -0.2) is 35.6 Å². The number of benzene rings is 3. The standard InChI is InChI=1S/C23H17Cl2N3O4/c1-31-15-8-5-13(6-9-15)22-27-17-10-7-14(11-19(17)28-22)23(30)32-12-20(29)26-18-4-2-3-16(24)21(18)25/h2-11H,12H2,1H3,(H,26,29)(H,27,28). The monoisotopic (exact) mass is 469 g/mol. The molecule has 0 aliphatic heterocycles. The first-order valence-corrected chi connectivity index (χ1v) is 10.3. The average Bonchev–Trinajstić information content (AvgIpc) is 3.24. The fraction of sp³-hybridized carbons (Fsp3) is 0.0870. The van der Waals surface area contributed by atoms with Crippen molar-refractivity contribution in [3.8, 4) is 17.1 Å². The Morgan fingerprint density at radius 2 is 1.84 bits per heavy atom. The number of nitrogens with zero attached hydrogens (tertiary/aromatic N) is 1. The molecule has 0 fully saturated rings. The van der Waals surface area contributed by atoms with Crippen LogP contribution in [0, 0.1) is 0 Å². The second kappa shape index (κ2) is 9.30. The number of hydrogen-bond donors (Lipinski definition) is 2. The van der Waals surface area contributed by atoms with Crippen LogP contribution in [0.5, 0.6) is 5.75 Å². The minimum absolute atomic E-state index is 0.214. The molecule has 0 saturated carbocycles. The van der Waals surface area contributed by atoms with E-state index in [0.29, 0.717) is 27.6 Å². The maximum Gasteiger partial charge on any atom is 0.338 e. The van der Waals surface area contributed by atoms with Crippen molar-refractivity contribution in [1.29, 1.82) is 0 Å². The van der Waals surface area contributed by atoms with Gasteiger partial charge in [0.1, 0.15) is 11.6 Å². The molecule has 9 heteroatoms. The SMILES string of the molecule is COc1ccc(-c2nc3ccc(C(=O)OCC(=O)Nc4cccc(Cl)c4Cl)cc3[nH]2)cc1. The molecule has 1 heterocycles. The van der Waals surface area contributed by atoms with Gasteiger partial charge >= 0.3 is 5.97 Å². The molecule has 1 amide bonds. The predicted molar refractivity (Wildman–Crippen MR) is 123 cm³/mol. The smallest absolute Gasteiger partial charge is 0.338 e. The second-order valence-corrected chi connectivity index (χ2v) is 7.56. The summed E-state index contributed by atoms with van der Waals surface area (Å²) in [5.41, 5.74) is 2.87. The van der Waals surface area contributed by atoms with E-state index in [0.717, 1.165) is 11.3 Å². The van der Waals surface area contributed by atoms with Crippen molar-refractivity contribution in [2.45, 2.75) is 0 Å². The van der Waals surface area contributed by atoms with Crippen molar-refractivity contribution in [2.24, 2.45) is 0 Å². The van der Waals surface area contributed by atoms with Crippen LogP contribution in [0.4, 0.5) is 5.69 Å². The number of rotatable bonds is 6. The van der Waals surface area contributed by atoms with E-state index in [1.54, 1.807) is 43.5 Å². The lowest BCUT2D eigenvalue weighted by Gasteiger charge is -2.09.